The van der Waals surface area contributed by atoms with Crippen LogP contribution in [0.1, 0.15) is 26.6 Å². The van der Waals surface area contributed by atoms with Gasteiger partial charge < -0.3 is 5.73 Å². The monoisotopic (exact) mass is 317 g/mol. The molecule has 2 aromatic carbocycles. The van der Waals surface area contributed by atoms with Gasteiger partial charge in [-0.25, -0.2) is 9.97 Å². The second kappa shape index (κ2) is 5.03. The molecule has 3 N–H and O–H groups in total. The summed E-state index contributed by atoms with van der Waals surface area (Å²) in [6, 6.07) is 14.4. The lowest BCUT2D eigenvalue weighted by atomic mass is 9.95. The smallest absolute Gasteiger partial charge is 0.161 e. The number of H-pyrrole nitrogens is 1. The molecule has 0 radical (unpaired) electrons. The third-order valence-electron chi connectivity index (χ3n) is 4.16. The summed E-state index contributed by atoms with van der Waals surface area (Å²) in [7, 11) is 0. The standard InChI is InChI=1S/C19H19N5/c1-19(2,3)18-21-16(20)14-15(23-24-17(14)22-18)13-10-6-8-11-7-4-5-9-12(11)13/h4-10H,1-3H3,(H3,20,21,22,23,24). The normalized spacial score (nSPS) is 12.1. The molecule has 0 saturated heterocycles. The molecule has 2 aromatic heterocycles. The fraction of sp³-hybridized carbons (Fsp3) is 0.211. The number of nitrogen functional groups attached to an aromatic ring is 1. The molecule has 0 amide bonds. The van der Waals surface area contributed by atoms with Crippen LogP contribution in [-0.4, -0.2) is 20.2 Å². The van der Waals surface area contributed by atoms with Gasteiger partial charge in [-0.1, -0.05) is 63.2 Å². The van der Waals surface area contributed by atoms with Gasteiger partial charge in [-0.3, -0.25) is 5.10 Å². The van der Waals surface area contributed by atoms with Crippen LogP contribution >= 0.6 is 0 Å². The van der Waals surface area contributed by atoms with Crippen molar-refractivity contribution in [3.05, 3.63) is 48.3 Å². The van der Waals surface area contributed by atoms with Crippen LogP contribution in [0.3, 0.4) is 0 Å². The zero-order valence-corrected chi connectivity index (χ0v) is 14.0. The molecule has 24 heavy (non-hydrogen) atoms. The van der Waals surface area contributed by atoms with E-state index in [1.165, 1.54) is 0 Å². The van der Waals surface area contributed by atoms with Gasteiger partial charge in [-0.05, 0) is 10.8 Å². The quantitative estimate of drug-likeness (QED) is 0.555. The third-order valence-corrected chi connectivity index (χ3v) is 4.16. The largest absolute Gasteiger partial charge is 0.383 e. The number of nitrogens with zero attached hydrogens (tertiary/aromatic N) is 3. The molecule has 2 heterocycles. The number of anilines is 1. The minimum absolute atomic E-state index is 0.174. The lowest BCUT2D eigenvalue weighted by Gasteiger charge is -2.16. The second-order valence-electron chi connectivity index (χ2n) is 7.00. The average Bonchev–Trinajstić information content (AvgIpc) is 2.98. The first-order valence-corrected chi connectivity index (χ1v) is 7.95. The molecule has 5 nitrogen and oxygen atoms in total. The van der Waals surface area contributed by atoms with Gasteiger partial charge in [0.1, 0.15) is 17.3 Å². The average molecular weight is 317 g/mol. The number of hydrogen-bond acceptors (Lipinski definition) is 4. The van der Waals surface area contributed by atoms with Gasteiger partial charge in [0.2, 0.25) is 0 Å². The van der Waals surface area contributed by atoms with Crippen LogP contribution in [0.2, 0.25) is 0 Å². The van der Waals surface area contributed by atoms with Gasteiger partial charge in [0.25, 0.3) is 0 Å². The van der Waals surface area contributed by atoms with Gasteiger partial charge in [-0.15, -0.1) is 0 Å². The van der Waals surface area contributed by atoms with Crippen molar-refractivity contribution in [1.29, 1.82) is 0 Å². The van der Waals surface area contributed by atoms with E-state index in [4.69, 9.17) is 5.73 Å². The Morgan fingerprint density at radius 2 is 1.71 bits per heavy atom. The van der Waals surface area contributed by atoms with Crippen LogP contribution in [0.5, 0.6) is 0 Å². The first-order valence-electron chi connectivity index (χ1n) is 7.95. The van der Waals surface area contributed by atoms with Gasteiger partial charge in [-0.2, -0.15) is 5.10 Å². The number of nitrogens with one attached hydrogen (secondary N) is 1. The molecule has 0 aliphatic carbocycles. The Kier molecular flexibility index (Phi) is 3.06. The fourth-order valence-corrected chi connectivity index (χ4v) is 2.92. The molecular weight excluding hydrogens is 298 g/mol. The summed E-state index contributed by atoms with van der Waals surface area (Å²) in [4.78, 5) is 9.14. The number of benzene rings is 2. The first kappa shape index (κ1) is 14.6. The van der Waals surface area contributed by atoms with E-state index in [9.17, 15) is 0 Å². The molecule has 0 aliphatic heterocycles. The Labute approximate surface area is 139 Å². The van der Waals surface area contributed by atoms with Gasteiger partial charge in [0, 0.05) is 11.0 Å². The summed E-state index contributed by atoms with van der Waals surface area (Å²) >= 11 is 0. The number of aromatic amines is 1. The van der Waals surface area contributed by atoms with Crippen molar-refractivity contribution in [2.75, 3.05) is 5.73 Å². The Hall–Kier alpha value is -2.95. The lowest BCUT2D eigenvalue weighted by molar-refractivity contribution is 0.549. The van der Waals surface area contributed by atoms with E-state index in [1.807, 2.05) is 18.2 Å². The van der Waals surface area contributed by atoms with Gasteiger partial charge >= 0.3 is 0 Å². The molecule has 0 fully saturated rings. The molecule has 4 rings (SSSR count). The summed E-state index contributed by atoms with van der Waals surface area (Å²) in [5.74, 6) is 1.17. The van der Waals surface area contributed by atoms with E-state index in [0.717, 1.165) is 27.4 Å². The maximum atomic E-state index is 6.27. The summed E-state index contributed by atoms with van der Waals surface area (Å²) < 4.78 is 0. The molecular formula is C19H19N5. The van der Waals surface area contributed by atoms with Crippen molar-refractivity contribution in [3.8, 4) is 11.3 Å². The highest BCUT2D eigenvalue weighted by atomic mass is 15.2. The van der Waals surface area contributed by atoms with Crippen LogP contribution in [0.25, 0.3) is 33.1 Å². The van der Waals surface area contributed by atoms with Crippen LogP contribution in [0.15, 0.2) is 42.5 Å². The van der Waals surface area contributed by atoms with Crippen molar-refractivity contribution < 1.29 is 0 Å². The Balaban J connectivity index is 2.01. The number of nitrogens with two attached hydrogens (primary N) is 1. The highest BCUT2D eigenvalue weighted by Crippen LogP contribution is 2.34. The van der Waals surface area contributed by atoms with Gasteiger partial charge in [0.05, 0.1) is 5.39 Å². The first-order chi connectivity index (χ1) is 11.4. The van der Waals surface area contributed by atoms with E-state index in [2.05, 4.69) is 65.2 Å². The van der Waals surface area contributed by atoms with Crippen molar-refractivity contribution in [3.63, 3.8) is 0 Å². The summed E-state index contributed by atoms with van der Waals surface area (Å²) in [5, 5.41) is 10.6. The number of rotatable bonds is 1. The highest BCUT2D eigenvalue weighted by Gasteiger charge is 2.22. The molecule has 0 saturated carbocycles. The van der Waals surface area contributed by atoms with E-state index in [0.29, 0.717) is 17.3 Å². The molecule has 0 spiro atoms. The van der Waals surface area contributed by atoms with Crippen LogP contribution in [0.4, 0.5) is 5.82 Å². The van der Waals surface area contributed by atoms with E-state index >= 15 is 0 Å². The maximum absolute atomic E-state index is 6.27. The third kappa shape index (κ3) is 2.21. The molecule has 0 unspecified atom stereocenters. The predicted octanol–water partition coefficient (Wildman–Crippen LogP) is 4.05. The minimum Gasteiger partial charge on any atom is -0.383 e. The lowest BCUT2D eigenvalue weighted by Crippen LogP contribution is -2.17. The summed E-state index contributed by atoms with van der Waals surface area (Å²) in [5.41, 5.74) is 8.59. The van der Waals surface area contributed by atoms with Gasteiger partial charge in [0.15, 0.2) is 5.65 Å². The van der Waals surface area contributed by atoms with E-state index < -0.39 is 0 Å². The topological polar surface area (TPSA) is 80.5 Å². The summed E-state index contributed by atoms with van der Waals surface area (Å²) in [6.07, 6.45) is 0. The molecule has 0 bridgehead atoms. The molecule has 5 heteroatoms. The van der Waals surface area contributed by atoms with Crippen molar-refractivity contribution in [2.45, 2.75) is 26.2 Å². The number of hydrogen-bond donors (Lipinski definition) is 2. The Bertz CT molecular complexity index is 1050. The Morgan fingerprint density at radius 1 is 0.958 bits per heavy atom. The highest BCUT2D eigenvalue weighted by molar-refractivity contribution is 6.05. The molecule has 120 valence electrons. The zero-order valence-electron chi connectivity index (χ0n) is 14.0. The summed E-state index contributed by atoms with van der Waals surface area (Å²) in [6.45, 7) is 6.20. The van der Waals surface area contributed by atoms with E-state index in [1.54, 1.807) is 0 Å². The van der Waals surface area contributed by atoms with Crippen molar-refractivity contribution >= 4 is 27.6 Å². The second-order valence-corrected chi connectivity index (χ2v) is 7.00. The maximum Gasteiger partial charge on any atom is 0.161 e. The molecule has 4 aromatic rings. The number of fused-ring (bicyclic) bond motifs is 2. The molecule has 0 atom stereocenters. The van der Waals surface area contributed by atoms with Crippen molar-refractivity contribution in [2.24, 2.45) is 0 Å². The minimum atomic E-state index is -0.174. The van der Waals surface area contributed by atoms with Crippen LogP contribution < -0.4 is 5.73 Å². The predicted molar refractivity (Wildman–Crippen MR) is 97.7 cm³/mol. The van der Waals surface area contributed by atoms with Crippen LogP contribution in [-0.2, 0) is 5.41 Å². The van der Waals surface area contributed by atoms with Crippen LogP contribution in [0, 0.1) is 0 Å². The zero-order chi connectivity index (χ0) is 16.9. The SMILES string of the molecule is CC(C)(C)c1nc(N)c2c(-c3cccc4ccccc34)n[nH]c2n1. The van der Waals surface area contributed by atoms with Crippen molar-refractivity contribution in [1.82, 2.24) is 20.2 Å². The Morgan fingerprint density at radius 3 is 2.50 bits per heavy atom. The molecule has 0 aliphatic rings. The fourth-order valence-electron chi connectivity index (χ4n) is 2.92. The number of aromatic nitrogens is 4. The van der Waals surface area contributed by atoms with E-state index in [-0.39, 0.29) is 5.41 Å².